The van der Waals surface area contributed by atoms with Crippen LogP contribution in [0.1, 0.15) is 50.8 Å². The van der Waals surface area contributed by atoms with E-state index in [1.807, 2.05) is 17.8 Å². The molecule has 3 nitrogen and oxygen atoms in total. The van der Waals surface area contributed by atoms with Gasteiger partial charge < -0.3 is 5.73 Å². The summed E-state index contributed by atoms with van der Waals surface area (Å²) in [4.78, 5) is 0. The molecule has 1 aromatic rings. The van der Waals surface area contributed by atoms with Gasteiger partial charge in [-0.25, -0.2) is 0 Å². The van der Waals surface area contributed by atoms with E-state index in [-0.39, 0.29) is 6.04 Å². The predicted molar refractivity (Wildman–Crippen MR) is 58.9 cm³/mol. The first-order chi connectivity index (χ1) is 6.75. The minimum absolute atomic E-state index is 0.152. The van der Waals surface area contributed by atoms with Gasteiger partial charge in [0, 0.05) is 19.3 Å². The molecule has 0 aliphatic heterocycles. The van der Waals surface area contributed by atoms with E-state index in [1.165, 1.54) is 25.7 Å². The third-order valence-electron chi connectivity index (χ3n) is 2.61. The molecule has 0 fully saturated rings. The molecule has 2 N–H and O–H groups in total. The van der Waals surface area contributed by atoms with Crippen molar-refractivity contribution < 1.29 is 0 Å². The molecule has 0 saturated heterocycles. The molecule has 0 bridgehead atoms. The minimum atomic E-state index is 0.152. The maximum atomic E-state index is 6.06. The SMILES string of the molecule is CCCCCCC(N)c1ccnn1C. The number of aryl methyl sites for hydroxylation is 1. The summed E-state index contributed by atoms with van der Waals surface area (Å²) >= 11 is 0. The van der Waals surface area contributed by atoms with Crippen molar-refractivity contribution >= 4 is 0 Å². The van der Waals surface area contributed by atoms with Crippen LogP contribution in [-0.2, 0) is 7.05 Å². The largest absolute Gasteiger partial charge is 0.323 e. The Labute approximate surface area is 86.3 Å². The van der Waals surface area contributed by atoms with E-state index in [9.17, 15) is 0 Å². The Bertz CT molecular complexity index is 255. The van der Waals surface area contributed by atoms with E-state index in [0.717, 1.165) is 12.1 Å². The number of aromatic nitrogens is 2. The second-order valence-corrected chi connectivity index (χ2v) is 3.84. The van der Waals surface area contributed by atoms with Gasteiger partial charge >= 0.3 is 0 Å². The van der Waals surface area contributed by atoms with E-state index in [0.29, 0.717) is 0 Å². The predicted octanol–water partition coefficient (Wildman–Crippen LogP) is 2.39. The number of rotatable bonds is 6. The molecular formula is C11H21N3. The molecule has 0 spiro atoms. The molecule has 0 aliphatic carbocycles. The number of nitrogens with two attached hydrogens (primary N) is 1. The number of nitrogens with zero attached hydrogens (tertiary/aromatic N) is 2. The van der Waals surface area contributed by atoms with E-state index in [2.05, 4.69) is 12.0 Å². The minimum Gasteiger partial charge on any atom is -0.323 e. The lowest BCUT2D eigenvalue weighted by Gasteiger charge is -2.11. The van der Waals surface area contributed by atoms with Gasteiger partial charge in [0.2, 0.25) is 0 Å². The Balaban J connectivity index is 2.28. The molecule has 3 heteroatoms. The lowest BCUT2D eigenvalue weighted by Crippen LogP contribution is -2.14. The number of hydrogen-bond acceptors (Lipinski definition) is 2. The summed E-state index contributed by atoms with van der Waals surface area (Å²) in [5, 5.41) is 4.12. The molecule has 14 heavy (non-hydrogen) atoms. The van der Waals surface area contributed by atoms with Gasteiger partial charge in [-0.3, -0.25) is 4.68 Å². The van der Waals surface area contributed by atoms with Crippen LogP contribution in [0.4, 0.5) is 0 Å². The molecule has 80 valence electrons. The molecule has 1 unspecified atom stereocenters. The second-order valence-electron chi connectivity index (χ2n) is 3.84. The van der Waals surface area contributed by atoms with Crippen LogP contribution in [0.25, 0.3) is 0 Å². The van der Waals surface area contributed by atoms with Crippen LogP contribution < -0.4 is 5.73 Å². The lowest BCUT2D eigenvalue weighted by atomic mass is 10.1. The molecule has 1 heterocycles. The molecule has 0 aliphatic rings. The fourth-order valence-corrected chi connectivity index (χ4v) is 1.69. The van der Waals surface area contributed by atoms with E-state index in [4.69, 9.17) is 5.73 Å². The monoisotopic (exact) mass is 195 g/mol. The average Bonchev–Trinajstić information content (AvgIpc) is 2.59. The normalized spacial score (nSPS) is 13.1. The second kappa shape index (κ2) is 5.81. The van der Waals surface area contributed by atoms with Crippen molar-refractivity contribution in [1.29, 1.82) is 0 Å². The summed E-state index contributed by atoms with van der Waals surface area (Å²) in [6.07, 6.45) is 7.99. The van der Waals surface area contributed by atoms with Crippen molar-refractivity contribution in [2.24, 2.45) is 12.8 Å². The van der Waals surface area contributed by atoms with Gasteiger partial charge in [0.1, 0.15) is 0 Å². The van der Waals surface area contributed by atoms with Crippen molar-refractivity contribution in [3.63, 3.8) is 0 Å². The highest BCUT2D eigenvalue weighted by Crippen LogP contribution is 2.16. The lowest BCUT2D eigenvalue weighted by molar-refractivity contribution is 0.534. The number of hydrogen-bond donors (Lipinski definition) is 1. The Hall–Kier alpha value is -0.830. The first kappa shape index (κ1) is 11.2. The summed E-state index contributed by atoms with van der Waals surface area (Å²) in [6, 6.07) is 2.16. The maximum Gasteiger partial charge on any atom is 0.0548 e. The van der Waals surface area contributed by atoms with E-state index < -0.39 is 0 Å². The topological polar surface area (TPSA) is 43.8 Å². The molecule has 1 atom stereocenters. The van der Waals surface area contributed by atoms with Gasteiger partial charge in [0.25, 0.3) is 0 Å². The highest BCUT2D eigenvalue weighted by molar-refractivity contribution is 5.05. The fourth-order valence-electron chi connectivity index (χ4n) is 1.69. The quantitative estimate of drug-likeness (QED) is 0.708. The van der Waals surface area contributed by atoms with E-state index >= 15 is 0 Å². The highest BCUT2D eigenvalue weighted by Gasteiger charge is 2.08. The molecular weight excluding hydrogens is 174 g/mol. The Morgan fingerprint density at radius 3 is 2.79 bits per heavy atom. The third kappa shape index (κ3) is 3.14. The molecule has 0 saturated carbocycles. The van der Waals surface area contributed by atoms with Gasteiger partial charge in [-0.15, -0.1) is 0 Å². The zero-order chi connectivity index (χ0) is 10.4. The Morgan fingerprint density at radius 1 is 1.43 bits per heavy atom. The number of unbranched alkanes of at least 4 members (excludes halogenated alkanes) is 3. The van der Waals surface area contributed by atoms with Crippen LogP contribution in [0, 0.1) is 0 Å². The van der Waals surface area contributed by atoms with Crippen LogP contribution in [0.5, 0.6) is 0 Å². The van der Waals surface area contributed by atoms with Crippen LogP contribution >= 0.6 is 0 Å². The van der Waals surface area contributed by atoms with Crippen LogP contribution in [-0.4, -0.2) is 9.78 Å². The smallest absolute Gasteiger partial charge is 0.0548 e. The molecule has 0 aromatic carbocycles. The molecule has 0 amide bonds. The van der Waals surface area contributed by atoms with Crippen LogP contribution in [0.3, 0.4) is 0 Å². The highest BCUT2D eigenvalue weighted by atomic mass is 15.3. The average molecular weight is 195 g/mol. The van der Waals surface area contributed by atoms with Crippen molar-refractivity contribution in [2.45, 2.75) is 45.1 Å². The standard InChI is InChI=1S/C11H21N3/c1-3-4-5-6-7-10(12)11-8-9-13-14(11)2/h8-10H,3-7,12H2,1-2H3. The summed E-state index contributed by atoms with van der Waals surface area (Å²) in [5.41, 5.74) is 7.20. The van der Waals surface area contributed by atoms with Crippen molar-refractivity contribution in [1.82, 2.24) is 9.78 Å². The maximum absolute atomic E-state index is 6.06. The van der Waals surface area contributed by atoms with Crippen molar-refractivity contribution in [3.8, 4) is 0 Å². The summed E-state index contributed by atoms with van der Waals surface area (Å²) in [7, 11) is 1.95. The summed E-state index contributed by atoms with van der Waals surface area (Å²) in [5.74, 6) is 0. The Morgan fingerprint density at radius 2 is 2.21 bits per heavy atom. The first-order valence-corrected chi connectivity index (χ1v) is 5.49. The van der Waals surface area contributed by atoms with Gasteiger partial charge in [-0.05, 0) is 12.5 Å². The molecule has 1 aromatic heterocycles. The summed E-state index contributed by atoms with van der Waals surface area (Å²) < 4.78 is 1.87. The van der Waals surface area contributed by atoms with Gasteiger partial charge in [-0.1, -0.05) is 32.6 Å². The van der Waals surface area contributed by atoms with Crippen molar-refractivity contribution in [3.05, 3.63) is 18.0 Å². The van der Waals surface area contributed by atoms with Crippen LogP contribution in [0.15, 0.2) is 12.3 Å². The van der Waals surface area contributed by atoms with Crippen LogP contribution in [0.2, 0.25) is 0 Å². The van der Waals surface area contributed by atoms with E-state index in [1.54, 1.807) is 6.20 Å². The van der Waals surface area contributed by atoms with Crippen molar-refractivity contribution in [2.75, 3.05) is 0 Å². The zero-order valence-corrected chi connectivity index (χ0v) is 9.24. The Kier molecular flexibility index (Phi) is 4.66. The molecule has 1 rings (SSSR count). The van der Waals surface area contributed by atoms with Gasteiger partial charge in [-0.2, -0.15) is 5.10 Å². The zero-order valence-electron chi connectivity index (χ0n) is 9.24. The third-order valence-corrected chi connectivity index (χ3v) is 2.61. The van der Waals surface area contributed by atoms with Gasteiger partial charge in [0.05, 0.1) is 5.69 Å². The van der Waals surface area contributed by atoms with Gasteiger partial charge in [0.15, 0.2) is 0 Å². The summed E-state index contributed by atoms with van der Waals surface area (Å²) in [6.45, 7) is 2.22. The molecule has 0 radical (unpaired) electrons. The fraction of sp³-hybridized carbons (Fsp3) is 0.727. The first-order valence-electron chi connectivity index (χ1n) is 5.49.